The van der Waals surface area contributed by atoms with Crippen LogP contribution in [0.2, 0.25) is 0 Å². The molecule has 11 heteroatoms. The summed E-state index contributed by atoms with van der Waals surface area (Å²) in [6.07, 6.45) is 2.63. The summed E-state index contributed by atoms with van der Waals surface area (Å²) < 4.78 is 25.9. The van der Waals surface area contributed by atoms with E-state index in [0.29, 0.717) is 29.0 Å². The third kappa shape index (κ3) is 5.57. The summed E-state index contributed by atoms with van der Waals surface area (Å²) in [5, 5.41) is 2.53. The normalized spacial score (nSPS) is 14.9. The number of carbonyl (C=O) groups excluding carboxylic acids is 4. The number of esters is 2. The van der Waals surface area contributed by atoms with Crippen LogP contribution in [0.15, 0.2) is 47.0 Å². The first-order valence-electron chi connectivity index (χ1n) is 10.8. The third-order valence-corrected chi connectivity index (χ3v) is 5.20. The Bertz CT molecular complexity index is 1230. The minimum absolute atomic E-state index is 0.0305. The fraction of sp³-hybridized carbons (Fsp3) is 0.280. The molecule has 0 bridgehead atoms. The summed E-state index contributed by atoms with van der Waals surface area (Å²) in [5.74, 6) is -0.965. The van der Waals surface area contributed by atoms with Crippen LogP contribution in [-0.2, 0) is 32.0 Å². The van der Waals surface area contributed by atoms with Gasteiger partial charge >= 0.3 is 18.0 Å². The van der Waals surface area contributed by atoms with Crippen molar-refractivity contribution in [3.8, 4) is 11.5 Å². The van der Waals surface area contributed by atoms with E-state index in [1.54, 1.807) is 25.1 Å². The van der Waals surface area contributed by atoms with E-state index >= 15 is 0 Å². The summed E-state index contributed by atoms with van der Waals surface area (Å²) in [5.41, 5.74) is 1.22. The molecule has 1 aromatic carbocycles. The van der Waals surface area contributed by atoms with Crippen LogP contribution in [0.5, 0.6) is 11.5 Å². The number of imide groups is 1. The Labute approximate surface area is 207 Å². The molecule has 1 unspecified atom stereocenters. The molecule has 1 fully saturated rings. The zero-order valence-electron chi connectivity index (χ0n) is 20.3. The van der Waals surface area contributed by atoms with Gasteiger partial charge < -0.3 is 28.7 Å². The van der Waals surface area contributed by atoms with Gasteiger partial charge in [-0.2, -0.15) is 0 Å². The number of hydrogen-bond acceptors (Lipinski definition) is 9. The third-order valence-electron chi connectivity index (χ3n) is 5.20. The van der Waals surface area contributed by atoms with Gasteiger partial charge in [0, 0.05) is 5.56 Å². The van der Waals surface area contributed by atoms with E-state index < -0.39 is 30.0 Å². The van der Waals surface area contributed by atoms with Crippen LogP contribution in [0.1, 0.15) is 34.4 Å². The average molecular weight is 498 g/mol. The molecular formula is C25H26N2O9. The fourth-order valence-electron chi connectivity index (χ4n) is 3.46. The quantitative estimate of drug-likeness (QED) is 0.227. The van der Waals surface area contributed by atoms with Crippen molar-refractivity contribution in [3.63, 3.8) is 0 Å². The number of carbonyl (C=O) groups is 4. The number of rotatable bonds is 10. The van der Waals surface area contributed by atoms with Crippen LogP contribution >= 0.6 is 0 Å². The Balaban J connectivity index is 1.88. The van der Waals surface area contributed by atoms with Crippen molar-refractivity contribution in [2.24, 2.45) is 0 Å². The smallest absolute Gasteiger partial charge is 0.373 e. The minimum atomic E-state index is -0.887. The van der Waals surface area contributed by atoms with Crippen LogP contribution in [-0.4, -0.2) is 56.2 Å². The lowest BCUT2D eigenvalue weighted by molar-refractivity contribution is -0.148. The molecule has 1 saturated heterocycles. The average Bonchev–Trinajstić information content (AvgIpc) is 3.44. The van der Waals surface area contributed by atoms with Crippen molar-refractivity contribution in [1.82, 2.24) is 10.2 Å². The van der Waals surface area contributed by atoms with Gasteiger partial charge in [-0.15, -0.1) is 6.58 Å². The van der Waals surface area contributed by atoms with E-state index in [4.69, 9.17) is 18.6 Å². The molecule has 0 saturated carbocycles. The standard InChI is InChI=1S/C25H26N2O9/c1-6-7-16-10-15(12-20(32-3)21(16)35-14(2)23(29)33-4)11-18-22(28)27(25(31)26-18)13-17-8-9-19(36-17)24(30)34-5/h6,8-12,14H,1,7,13H2,2-5H3,(H,26,31). The number of allylic oxidation sites excluding steroid dienone is 1. The molecule has 2 aromatic rings. The predicted molar refractivity (Wildman–Crippen MR) is 126 cm³/mol. The van der Waals surface area contributed by atoms with Gasteiger partial charge in [-0.25, -0.2) is 14.4 Å². The highest BCUT2D eigenvalue weighted by atomic mass is 16.6. The highest BCUT2D eigenvalue weighted by Gasteiger charge is 2.34. The first kappa shape index (κ1) is 26.1. The Hall–Kier alpha value is -4.54. The molecule has 36 heavy (non-hydrogen) atoms. The number of nitrogens with zero attached hydrogens (tertiary/aromatic N) is 1. The second-order valence-electron chi connectivity index (χ2n) is 7.62. The highest BCUT2D eigenvalue weighted by molar-refractivity contribution is 6.13. The minimum Gasteiger partial charge on any atom is -0.493 e. The maximum atomic E-state index is 12.9. The van der Waals surface area contributed by atoms with Crippen molar-refractivity contribution in [3.05, 3.63) is 65.3 Å². The van der Waals surface area contributed by atoms with Crippen LogP contribution in [0.25, 0.3) is 6.08 Å². The molecule has 0 radical (unpaired) electrons. The van der Waals surface area contributed by atoms with Gasteiger partial charge in [-0.3, -0.25) is 9.69 Å². The first-order chi connectivity index (χ1) is 17.2. The van der Waals surface area contributed by atoms with Gasteiger partial charge in [-0.05, 0) is 49.2 Å². The summed E-state index contributed by atoms with van der Waals surface area (Å²) in [6, 6.07) is 5.57. The highest BCUT2D eigenvalue weighted by Crippen LogP contribution is 2.35. The lowest BCUT2D eigenvalue weighted by Crippen LogP contribution is -2.30. The van der Waals surface area contributed by atoms with Gasteiger partial charge in [0.05, 0.1) is 27.9 Å². The topological polar surface area (TPSA) is 134 Å². The monoisotopic (exact) mass is 498 g/mol. The molecule has 1 N–H and O–H groups in total. The van der Waals surface area contributed by atoms with Crippen LogP contribution in [0, 0.1) is 0 Å². The van der Waals surface area contributed by atoms with Crippen molar-refractivity contribution in [2.75, 3.05) is 21.3 Å². The van der Waals surface area contributed by atoms with Gasteiger partial charge in [0.1, 0.15) is 11.5 Å². The maximum Gasteiger partial charge on any atom is 0.373 e. The van der Waals surface area contributed by atoms with Crippen molar-refractivity contribution < 1.29 is 42.5 Å². The summed E-state index contributed by atoms with van der Waals surface area (Å²) >= 11 is 0. The van der Waals surface area contributed by atoms with Gasteiger partial charge in [0.15, 0.2) is 17.6 Å². The van der Waals surface area contributed by atoms with E-state index in [-0.39, 0.29) is 23.8 Å². The van der Waals surface area contributed by atoms with Gasteiger partial charge in [0.2, 0.25) is 5.76 Å². The fourth-order valence-corrected chi connectivity index (χ4v) is 3.46. The molecule has 0 spiro atoms. The summed E-state index contributed by atoms with van der Waals surface area (Å²) in [7, 11) is 3.92. The van der Waals surface area contributed by atoms with Gasteiger partial charge in [0.25, 0.3) is 5.91 Å². The number of ether oxygens (including phenoxy) is 4. The molecule has 1 atom stereocenters. The Morgan fingerprint density at radius 2 is 1.92 bits per heavy atom. The molecule has 3 rings (SSSR count). The molecule has 1 aromatic heterocycles. The maximum absolute atomic E-state index is 12.9. The zero-order chi connectivity index (χ0) is 26.4. The van der Waals surface area contributed by atoms with Crippen LogP contribution in [0.4, 0.5) is 4.79 Å². The number of amides is 3. The van der Waals surface area contributed by atoms with E-state index in [2.05, 4.69) is 16.6 Å². The number of urea groups is 1. The van der Waals surface area contributed by atoms with E-state index in [9.17, 15) is 19.2 Å². The van der Waals surface area contributed by atoms with Crippen molar-refractivity contribution in [1.29, 1.82) is 0 Å². The Morgan fingerprint density at radius 3 is 2.56 bits per heavy atom. The second-order valence-corrected chi connectivity index (χ2v) is 7.62. The molecule has 1 aliphatic heterocycles. The zero-order valence-corrected chi connectivity index (χ0v) is 20.3. The Kier molecular flexibility index (Phi) is 8.15. The summed E-state index contributed by atoms with van der Waals surface area (Å²) in [4.78, 5) is 49.7. The number of methoxy groups -OCH3 is 3. The summed E-state index contributed by atoms with van der Waals surface area (Å²) in [6.45, 7) is 5.12. The predicted octanol–water partition coefficient (Wildman–Crippen LogP) is 2.84. The second kappa shape index (κ2) is 11.3. The molecule has 3 amide bonds. The van der Waals surface area contributed by atoms with E-state index in [0.717, 1.165) is 4.90 Å². The van der Waals surface area contributed by atoms with E-state index in [1.807, 2.05) is 0 Å². The number of benzene rings is 1. The molecule has 1 aliphatic rings. The van der Waals surface area contributed by atoms with Crippen LogP contribution in [0.3, 0.4) is 0 Å². The number of nitrogens with one attached hydrogen (secondary N) is 1. The van der Waals surface area contributed by atoms with Crippen molar-refractivity contribution >= 4 is 30.0 Å². The lowest BCUT2D eigenvalue weighted by Gasteiger charge is -2.19. The molecule has 190 valence electrons. The van der Waals surface area contributed by atoms with E-state index in [1.165, 1.54) is 39.5 Å². The molecule has 11 nitrogen and oxygen atoms in total. The largest absolute Gasteiger partial charge is 0.493 e. The molecular weight excluding hydrogens is 472 g/mol. The Morgan fingerprint density at radius 1 is 1.17 bits per heavy atom. The van der Waals surface area contributed by atoms with Crippen molar-refractivity contribution in [2.45, 2.75) is 26.0 Å². The molecule has 0 aliphatic carbocycles. The SMILES string of the molecule is C=CCc1cc(C=C2NC(=O)N(Cc3ccc(C(=O)OC)o3)C2=O)cc(OC)c1OC(C)C(=O)OC. The first-order valence-corrected chi connectivity index (χ1v) is 10.8. The lowest BCUT2D eigenvalue weighted by atomic mass is 10.0. The van der Waals surface area contributed by atoms with Gasteiger partial charge in [-0.1, -0.05) is 6.08 Å². The van der Waals surface area contributed by atoms with Crippen LogP contribution < -0.4 is 14.8 Å². The molecule has 2 heterocycles. The number of furan rings is 1. The number of hydrogen-bond donors (Lipinski definition) is 1.